The number of carbonyl (C=O) groups is 1. The molecule has 3 N–H and O–H groups in total. The minimum atomic E-state index is -0.663. The maximum Gasteiger partial charge on any atom is 0.266 e. The summed E-state index contributed by atoms with van der Waals surface area (Å²) in [6, 6.07) is 10.9. The number of hydrogen-bond donors (Lipinski definition) is 3. The van der Waals surface area contributed by atoms with Gasteiger partial charge < -0.3 is 15.5 Å². The largest absolute Gasteiger partial charge is 0.504 e. The van der Waals surface area contributed by atoms with Crippen molar-refractivity contribution >= 4 is 40.9 Å². The number of nitrogens with one attached hydrogen (secondary N) is 1. The van der Waals surface area contributed by atoms with Crippen LogP contribution >= 0.6 is 23.2 Å². The first kappa shape index (κ1) is 16.7. The van der Waals surface area contributed by atoms with Crippen LogP contribution in [-0.2, 0) is 4.79 Å². The zero-order valence-electron chi connectivity index (χ0n) is 11.5. The van der Waals surface area contributed by atoms with Crippen LogP contribution in [0, 0.1) is 11.3 Å². The molecule has 0 aliphatic heterocycles. The van der Waals surface area contributed by atoms with Crippen molar-refractivity contribution in [2.24, 2.45) is 0 Å². The Morgan fingerprint density at radius 1 is 1.17 bits per heavy atom. The van der Waals surface area contributed by atoms with Crippen LogP contribution in [-0.4, -0.2) is 16.1 Å². The van der Waals surface area contributed by atoms with Gasteiger partial charge in [-0.15, -0.1) is 0 Å². The Morgan fingerprint density at radius 2 is 1.87 bits per heavy atom. The lowest BCUT2D eigenvalue weighted by atomic mass is 10.1. The number of rotatable bonds is 3. The van der Waals surface area contributed by atoms with Crippen LogP contribution in [0.3, 0.4) is 0 Å². The number of aromatic hydroxyl groups is 2. The molecular formula is C16H10Cl2N2O3. The van der Waals surface area contributed by atoms with Crippen molar-refractivity contribution in [3.8, 4) is 17.6 Å². The van der Waals surface area contributed by atoms with Gasteiger partial charge in [0.25, 0.3) is 5.91 Å². The van der Waals surface area contributed by atoms with Gasteiger partial charge >= 0.3 is 0 Å². The highest BCUT2D eigenvalue weighted by atomic mass is 35.5. The molecule has 0 saturated heterocycles. The minimum absolute atomic E-state index is 0.0972. The summed E-state index contributed by atoms with van der Waals surface area (Å²) in [7, 11) is 0. The number of phenols is 2. The van der Waals surface area contributed by atoms with Crippen molar-refractivity contribution in [3.05, 3.63) is 57.6 Å². The third-order valence-electron chi connectivity index (χ3n) is 2.86. The minimum Gasteiger partial charge on any atom is -0.504 e. The summed E-state index contributed by atoms with van der Waals surface area (Å²) in [6.07, 6.45) is 1.23. The fraction of sp³-hybridized carbons (Fsp3) is 0. The fourth-order valence-corrected chi connectivity index (χ4v) is 2.16. The Balaban J connectivity index is 2.31. The Morgan fingerprint density at radius 3 is 2.48 bits per heavy atom. The number of nitrogens with zero attached hydrogens (tertiary/aromatic N) is 1. The van der Waals surface area contributed by atoms with Crippen molar-refractivity contribution < 1.29 is 15.0 Å². The maximum absolute atomic E-state index is 12.1. The first-order valence-corrected chi connectivity index (χ1v) is 7.07. The summed E-state index contributed by atoms with van der Waals surface area (Å²) in [6.45, 7) is 0. The predicted molar refractivity (Wildman–Crippen MR) is 88.5 cm³/mol. The number of anilines is 1. The molecule has 0 spiro atoms. The van der Waals surface area contributed by atoms with E-state index in [-0.39, 0.29) is 16.2 Å². The van der Waals surface area contributed by atoms with E-state index in [1.807, 2.05) is 0 Å². The molecule has 23 heavy (non-hydrogen) atoms. The summed E-state index contributed by atoms with van der Waals surface area (Å²) in [5.74, 6) is -1.58. The third-order valence-corrected chi connectivity index (χ3v) is 3.48. The van der Waals surface area contributed by atoms with E-state index in [2.05, 4.69) is 5.32 Å². The molecule has 0 unspecified atom stereocenters. The molecule has 0 atom stereocenters. The second-order valence-corrected chi connectivity index (χ2v) is 5.29. The van der Waals surface area contributed by atoms with E-state index in [9.17, 15) is 15.0 Å². The van der Waals surface area contributed by atoms with Crippen molar-refractivity contribution in [1.29, 1.82) is 5.26 Å². The highest BCUT2D eigenvalue weighted by molar-refractivity contribution is 6.34. The number of halogens is 2. The highest BCUT2D eigenvalue weighted by Crippen LogP contribution is 2.34. The Bertz CT molecular complexity index is 818. The molecule has 116 valence electrons. The Labute approximate surface area is 142 Å². The topological polar surface area (TPSA) is 93.3 Å². The Kier molecular flexibility index (Phi) is 5.12. The normalized spacial score (nSPS) is 10.9. The van der Waals surface area contributed by atoms with E-state index < -0.39 is 17.4 Å². The van der Waals surface area contributed by atoms with Gasteiger partial charge in [-0.05, 0) is 35.9 Å². The van der Waals surface area contributed by atoms with Crippen LogP contribution in [0.25, 0.3) is 6.08 Å². The van der Waals surface area contributed by atoms with Crippen LogP contribution in [0.1, 0.15) is 5.56 Å². The molecule has 2 aromatic rings. The standard InChI is InChI=1S/C16H10Cl2N2O3/c17-11-3-1-2-4-13(11)20-16(23)10(8-19)5-9-6-12(18)15(22)14(21)7-9/h1-7,21-22H,(H,20,23)/b10-5+. The molecule has 0 aliphatic rings. The monoisotopic (exact) mass is 348 g/mol. The van der Waals surface area contributed by atoms with Gasteiger partial charge in [-0.2, -0.15) is 5.26 Å². The molecule has 0 aromatic heterocycles. The first-order valence-electron chi connectivity index (χ1n) is 6.31. The molecule has 0 saturated carbocycles. The van der Waals surface area contributed by atoms with E-state index in [1.54, 1.807) is 30.3 Å². The highest BCUT2D eigenvalue weighted by Gasteiger charge is 2.13. The van der Waals surface area contributed by atoms with E-state index in [4.69, 9.17) is 28.5 Å². The zero-order chi connectivity index (χ0) is 17.0. The number of benzene rings is 2. The average Bonchev–Trinajstić information content (AvgIpc) is 2.52. The molecule has 0 bridgehead atoms. The van der Waals surface area contributed by atoms with Gasteiger partial charge in [0, 0.05) is 0 Å². The van der Waals surface area contributed by atoms with Crippen LogP contribution in [0.4, 0.5) is 5.69 Å². The van der Waals surface area contributed by atoms with Gasteiger partial charge in [0.05, 0.1) is 15.7 Å². The second kappa shape index (κ2) is 7.05. The van der Waals surface area contributed by atoms with Crippen molar-refractivity contribution in [2.75, 3.05) is 5.32 Å². The smallest absolute Gasteiger partial charge is 0.266 e. The van der Waals surface area contributed by atoms with Gasteiger partial charge in [-0.25, -0.2) is 0 Å². The van der Waals surface area contributed by atoms with E-state index in [1.165, 1.54) is 18.2 Å². The summed E-state index contributed by atoms with van der Waals surface area (Å²) in [4.78, 5) is 12.1. The van der Waals surface area contributed by atoms with Crippen molar-refractivity contribution in [1.82, 2.24) is 0 Å². The SMILES string of the molecule is N#C/C(=C\c1cc(O)c(O)c(Cl)c1)C(=O)Nc1ccccc1Cl. The van der Waals surface area contributed by atoms with Crippen LogP contribution in [0.2, 0.25) is 10.0 Å². The van der Waals surface area contributed by atoms with Crippen molar-refractivity contribution in [2.45, 2.75) is 0 Å². The quantitative estimate of drug-likeness (QED) is 0.444. The summed E-state index contributed by atoms with van der Waals surface area (Å²) in [5.41, 5.74) is 0.439. The third kappa shape index (κ3) is 3.95. The molecule has 2 rings (SSSR count). The van der Waals surface area contributed by atoms with E-state index in [0.717, 1.165) is 0 Å². The lowest BCUT2D eigenvalue weighted by Gasteiger charge is -2.06. The van der Waals surface area contributed by atoms with Crippen LogP contribution < -0.4 is 5.32 Å². The zero-order valence-corrected chi connectivity index (χ0v) is 13.1. The van der Waals surface area contributed by atoms with Crippen molar-refractivity contribution in [3.63, 3.8) is 0 Å². The summed E-state index contributed by atoms with van der Waals surface area (Å²) >= 11 is 11.7. The molecule has 7 heteroatoms. The van der Waals surface area contributed by atoms with E-state index >= 15 is 0 Å². The summed E-state index contributed by atoms with van der Waals surface area (Å²) < 4.78 is 0. The second-order valence-electron chi connectivity index (χ2n) is 4.47. The summed E-state index contributed by atoms with van der Waals surface area (Å²) in [5, 5.41) is 30.8. The molecule has 1 amide bonds. The van der Waals surface area contributed by atoms with Gasteiger partial charge in [0.15, 0.2) is 11.5 Å². The van der Waals surface area contributed by atoms with Gasteiger partial charge in [0.2, 0.25) is 0 Å². The first-order chi connectivity index (χ1) is 10.9. The lowest BCUT2D eigenvalue weighted by Crippen LogP contribution is -2.13. The van der Waals surface area contributed by atoms with E-state index in [0.29, 0.717) is 10.7 Å². The molecule has 2 aromatic carbocycles. The van der Waals surface area contributed by atoms with Gasteiger partial charge in [-0.1, -0.05) is 35.3 Å². The number of amides is 1. The molecule has 5 nitrogen and oxygen atoms in total. The molecule has 0 aliphatic carbocycles. The van der Waals surface area contributed by atoms with Gasteiger partial charge in [0.1, 0.15) is 11.6 Å². The molecular weight excluding hydrogens is 339 g/mol. The maximum atomic E-state index is 12.1. The number of para-hydroxylation sites is 1. The molecule has 0 fully saturated rings. The lowest BCUT2D eigenvalue weighted by molar-refractivity contribution is -0.112. The van der Waals surface area contributed by atoms with Crippen LogP contribution in [0.5, 0.6) is 11.5 Å². The van der Waals surface area contributed by atoms with Crippen LogP contribution in [0.15, 0.2) is 42.0 Å². The number of carbonyl (C=O) groups excluding carboxylic acids is 1. The fourth-order valence-electron chi connectivity index (χ4n) is 1.76. The number of phenolic OH excluding ortho intramolecular Hbond substituents is 2. The number of hydrogen-bond acceptors (Lipinski definition) is 4. The molecule has 0 radical (unpaired) electrons. The molecule has 0 heterocycles. The average molecular weight is 349 g/mol. The predicted octanol–water partition coefficient (Wildman–Crippen LogP) is 3.95. The Hall–Kier alpha value is -2.68. The number of nitriles is 1. The van der Waals surface area contributed by atoms with Gasteiger partial charge in [-0.3, -0.25) is 4.79 Å².